The average Bonchev–Trinajstić information content (AvgIpc) is 2.75. The minimum atomic E-state index is -3.41. The minimum Gasteiger partial charge on any atom is -0.299 e. The molecule has 3 saturated carbocycles. The Labute approximate surface area is 140 Å². The Morgan fingerprint density at radius 2 is 1.65 bits per heavy atom. The van der Waals surface area contributed by atoms with E-state index in [1.807, 2.05) is 0 Å². The fourth-order valence-corrected chi connectivity index (χ4v) is 7.46. The predicted octanol–water partition coefficient (Wildman–Crippen LogP) is 3.41. The van der Waals surface area contributed by atoms with Gasteiger partial charge in [-0.15, -0.1) is 0 Å². The second kappa shape index (κ2) is 6.14. The number of nitrogens with one attached hydrogen (secondary N) is 1. The molecule has 0 aromatic heterocycles. The van der Waals surface area contributed by atoms with Crippen LogP contribution in [-0.2, 0) is 14.8 Å². The van der Waals surface area contributed by atoms with Crippen molar-refractivity contribution in [3.63, 3.8) is 0 Å². The summed E-state index contributed by atoms with van der Waals surface area (Å²) >= 11 is 0. The Bertz CT molecular complexity index is 561. The molecule has 3 fully saturated rings. The molecule has 23 heavy (non-hydrogen) atoms. The van der Waals surface area contributed by atoms with Gasteiger partial charge < -0.3 is 0 Å². The van der Waals surface area contributed by atoms with Crippen LogP contribution in [0.5, 0.6) is 0 Å². The minimum absolute atomic E-state index is 0.00116. The van der Waals surface area contributed by atoms with Crippen molar-refractivity contribution in [2.45, 2.75) is 84.1 Å². The quantitative estimate of drug-likeness (QED) is 0.852. The molecule has 3 aliphatic rings. The monoisotopic (exact) mass is 341 g/mol. The Morgan fingerprint density at radius 3 is 2.17 bits per heavy atom. The van der Waals surface area contributed by atoms with E-state index in [9.17, 15) is 13.2 Å². The van der Waals surface area contributed by atoms with Gasteiger partial charge in [0.1, 0.15) is 5.78 Å². The van der Waals surface area contributed by atoms with Crippen LogP contribution < -0.4 is 4.72 Å². The number of fused-ring (bicyclic) bond motifs is 2. The molecule has 0 spiro atoms. The Balaban J connectivity index is 1.72. The summed E-state index contributed by atoms with van der Waals surface area (Å²) in [7, 11) is -3.41. The van der Waals surface area contributed by atoms with Crippen molar-refractivity contribution in [1.29, 1.82) is 0 Å². The molecule has 0 aromatic carbocycles. The first-order valence-electron chi connectivity index (χ1n) is 9.30. The lowest BCUT2D eigenvalue weighted by atomic mass is 9.70. The zero-order chi connectivity index (χ0) is 16.7. The van der Waals surface area contributed by atoms with Crippen LogP contribution in [0.25, 0.3) is 0 Å². The van der Waals surface area contributed by atoms with Crippen molar-refractivity contribution in [3.05, 3.63) is 0 Å². The highest BCUT2D eigenvalue weighted by molar-refractivity contribution is 7.89. The van der Waals surface area contributed by atoms with Gasteiger partial charge in [-0.1, -0.05) is 46.0 Å². The maximum absolute atomic E-state index is 12.8. The Morgan fingerprint density at radius 1 is 1.04 bits per heavy atom. The van der Waals surface area contributed by atoms with Crippen LogP contribution in [0.15, 0.2) is 0 Å². The molecule has 2 atom stereocenters. The number of sulfonamides is 1. The topological polar surface area (TPSA) is 63.2 Å². The molecule has 2 unspecified atom stereocenters. The standard InChI is InChI=1S/C18H31NO3S/c1-17(2)14-10-11-18(17,16(20)12-14)13-23(21,22)19-15-8-6-4-3-5-7-9-15/h14-15,19H,3-13H2,1-2H3. The summed E-state index contributed by atoms with van der Waals surface area (Å²) in [4.78, 5) is 12.6. The van der Waals surface area contributed by atoms with E-state index in [0.717, 1.165) is 38.5 Å². The highest BCUT2D eigenvalue weighted by Crippen LogP contribution is 2.64. The lowest BCUT2D eigenvalue weighted by Gasteiger charge is -2.36. The highest BCUT2D eigenvalue weighted by Gasteiger charge is 2.65. The van der Waals surface area contributed by atoms with Crippen LogP contribution >= 0.6 is 0 Å². The third-order valence-corrected chi connectivity index (χ3v) is 8.59. The third kappa shape index (κ3) is 3.11. The molecule has 0 amide bonds. The predicted molar refractivity (Wildman–Crippen MR) is 91.6 cm³/mol. The summed E-state index contributed by atoms with van der Waals surface area (Å²) in [6.45, 7) is 4.20. The van der Waals surface area contributed by atoms with Crippen LogP contribution in [0.4, 0.5) is 0 Å². The molecule has 132 valence electrons. The van der Waals surface area contributed by atoms with E-state index >= 15 is 0 Å². The number of carbonyl (C=O) groups excluding carboxylic acids is 1. The van der Waals surface area contributed by atoms with E-state index in [-0.39, 0.29) is 23.0 Å². The molecule has 0 aliphatic heterocycles. The van der Waals surface area contributed by atoms with Crippen LogP contribution in [-0.4, -0.2) is 26.0 Å². The van der Waals surface area contributed by atoms with Crippen LogP contribution in [0.3, 0.4) is 0 Å². The average molecular weight is 342 g/mol. The van der Waals surface area contributed by atoms with Gasteiger partial charge in [-0.3, -0.25) is 4.79 Å². The molecule has 0 aromatic rings. The molecular formula is C18H31NO3S. The summed E-state index contributed by atoms with van der Waals surface area (Å²) in [5.41, 5.74) is -0.828. The number of Topliss-reactive ketones (excluding diaryl/α,β-unsaturated/α-hetero) is 1. The SMILES string of the molecule is CC1(C)C2CCC1(CS(=O)(=O)NC1CCCCCCC1)C(=O)C2. The van der Waals surface area contributed by atoms with Crippen LogP contribution in [0, 0.1) is 16.7 Å². The molecular weight excluding hydrogens is 310 g/mol. The normalized spacial score (nSPS) is 35.2. The van der Waals surface area contributed by atoms with Gasteiger partial charge in [0.25, 0.3) is 0 Å². The lowest BCUT2D eigenvalue weighted by Crippen LogP contribution is -2.47. The fourth-order valence-electron chi connectivity index (χ4n) is 5.30. The molecule has 4 nitrogen and oxygen atoms in total. The molecule has 0 heterocycles. The maximum Gasteiger partial charge on any atom is 0.212 e. The van der Waals surface area contributed by atoms with Crippen molar-refractivity contribution >= 4 is 15.8 Å². The van der Waals surface area contributed by atoms with Crippen molar-refractivity contribution in [2.24, 2.45) is 16.7 Å². The first-order valence-corrected chi connectivity index (χ1v) is 11.0. The second-order valence-corrected chi connectivity index (χ2v) is 10.3. The van der Waals surface area contributed by atoms with Crippen molar-refractivity contribution in [3.8, 4) is 0 Å². The molecule has 0 saturated heterocycles. The van der Waals surface area contributed by atoms with Gasteiger partial charge in [-0.2, -0.15) is 0 Å². The first kappa shape index (κ1) is 17.4. The van der Waals surface area contributed by atoms with Crippen LogP contribution in [0.1, 0.15) is 78.1 Å². The van der Waals surface area contributed by atoms with Gasteiger partial charge >= 0.3 is 0 Å². The zero-order valence-corrected chi connectivity index (χ0v) is 15.4. The summed E-state index contributed by atoms with van der Waals surface area (Å²) in [6, 6.07) is 0.0634. The Kier molecular flexibility index (Phi) is 4.65. The summed E-state index contributed by atoms with van der Waals surface area (Å²) < 4.78 is 28.6. The van der Waals surface area contributed by atoms with Gasteiger partial charge in [-0.25, -0.2) is 13.1 Å². The summed E-state index contributed by atoms with van der Waals surface area (Å²) in [5, 5.41) is 0. The van der Waals surface area contributed by atoms with Gasteiger partial charge in [0.15, 0.2) is 0 Å². The van der Waals surface area contributed by atoms with E-state index in [2.05, 4.69) is 18.6 Å². The fraction of sp³-hybridized carbons (Fsp3) is 0.944. The van der Waals surface area contributed by atoms with Gasteiger partial charge in [-0.05, 0) is 37.0 Å². The first-order chi connectivity index (χ1) is 10.8. The number of carbonyl (C=O) groups is 1. The van der Waals surface area contributed by atoms with Crippen molar-refractivity contribution in [2.75, 3.05) is 5.75 Å². The number of rotatable bonds is 4. The van der Waals surface area contributed by atoms with E-state index in [4.69, 9.17) is 0 Å². The molecule has 1 N–H and O–H groups in total. The molecule has 3 rings (SSSR count). The lowest BCUT2D eigenvalue weighted by molar-refractivity contribution is -0.128. The van der Waals surface area contributed by atoms with Gasteiger partial charge in [0, 0.05) is 17.9 Å². The van der Waals surface area contributed by atoms with Crippen LogP contribution in [0.2, 0.25) is 0 Å². The van der Waals surface area contributed by atoms with Crippen molar-refractivity contribution < 1.29 is 13.2 Å². The van der Waals surface area contributed by atoms with E-state index in [1.54, 1.807) is 0 Å². The van der Waals surface area contributed by atoms with E-state index < -0.39 is 15.4 Å². The van der Waals surface area contributed by atoms with E-state index in [0.29, 0.717) is 12.3 Å². The molecule has 5 heteroatoms. The van der Waals surface area contributed by atoms with Gasteiger partial charge in [0.2, 0.25) is 10.0 Å². The highest BCUT2D eigenvalue weighted by atomic mass is 32.2. The number of ketones is 1. The zero-order valence-electron chi connectivity index (χ0n) is 14.6. The molecule has 2 bridgehead atoms. The number of hydrogen-bond acceptors (Lipinski definition) is 3. The Hall–Kier alpha value is -0.420. The maximum atomic E-state index is 12.8. The molecule has 0 radical (unpaired) electrons. The van der Waals surface area contributed by atoms with Gasteiger partial charge in [0.05, 0.1) is 5.75 Å². The third-order valence-electron chi connectivity index (χ3n) is 7.03. The van der Waals surface area contributed by atoms with Crippen molar-refractivity contribution in [1.82, 2.24) is 4.72 Å². The summed E-state index contributed by atoms with van der Waals surface area (Å²) in [6.07, 6.45) is 10.1. The molecule has 3 aliphatic carbocycles. The largest absolute Gasteiger partial charge is 0.299 e. The smallest absolute Gasteiger partial charge is 0.212 e. The number of hydrogen-bond donors (Lipinski definition) is 1. The summed E-state index contributed by atoms with van der Waals surface area (Å²) in [5.74, 6) is 0.548. The van der Waals surface area contributed by atoms with E-state index in [1.165, 1.54) is 19.3 Å². The second-order valence-electron chi connectivity index (χ2n) is 8.59.